The van der Waals surface area contributed by atoms with Crippen LogP contribution in [0.25, 0.3) is 0 Å². The summed E-state index contributed by atoms with van der Waals surface area (Å²) in [6.07, 6.45) is 19.2. The van der Waals surface area contributed by atoms with Gasteiger partial charge in [0.25, 0.3) is 23.6 Å². The molecule has 4 aromatic heterocycles. The van der Waals surface area contributed by atoms with Crippen molar-refractivity contribution in [3.05, 3.63) is 166 Å². The Morgan fingerprint density at radius 2 is 0.664 bits per heavy atom. The molecule has 7 N–H and O–H groups in total. The molecule has 5 aliphatic rings. The topological polar surface area (TPSA) is 347 Å². The van der Waals surface area contributed by atoms with Crippen molar-refractivity contribution in [1.29, 1.82) is 0 Å². The average Bonchev–Trinajstić information content (AvgIpc) is 1.66. The standard InChI is InChI=1S/C25H34N6O2.C22H30N6O2.C22H29N5O2.C20H25N5O2/c1-3-21(4-2)31-22(32)16-19-17-27-25(29-23(19)31)28-20-10-8-18(9-11-20)24(33)26-12-15-30-13-6-5-7-14-30;1-5-18(6-2)28-19(29)13-16-14-24-22(26-20(16)28)25-17-9-7-15(8-10-17)21(30)23-11-12-27(3)4;1-6-17(7-2)27-18(28)12-15-13-23-21(25-19(15)27)24-16-10-8-14(9-11-16)20(29)26-22(3,4)5;1-5-16(6-2)25-17(26)11-14-12-21-20(23-18(14)25)22-15-9-7-13(8-10-15)19(27)24(3)4/h8-11,17,21H,3-7,12-16H2,1-2H3,(H,26,33)(H,27,28,29);7-10,14,18H,5-6,11-13H2,1-4H3,(H,23,30)(H,24,25,26);8-11,13,17H,6-7,12H2,1-5H3,(H,26,29)(H,23,24,25);7-10,12,16H,5-6,11H2,1-4H3,(H,21,22,23). The van der Waals surface area contributed by atoms with Crippen molar-refractivity contribution in [2.75, 3.05) is 108 Å². The fourth-order valence-electron chi connectivity index (χ4n) is 14.9. The summed E-state index contributed by atoms with van der Waals surface area (Å²) in [6.45, 7) is 27.7. The molecular weight excluding hydrogens is 1510 g/mol. The molecule has 632 valence electrons. The minimum absolute atomic E-state index is 0.0466. The molecular formula is C89H118N22O8. The van der Waals surface area contributed by atoms with Crippen molar-refractivity contribution in [1.82, 2.24) is 70.5 Å². The van der Waals surface area contributed by atoms with Crippen LogP contribution in [0.3, 0.4) is 0 Å². The van der Waals surface area contributed by atoms with E-state index >= 15 is 0 Å². The molecule has 0 atom stereocenters. The van der Waals surface area contributed by atoms with E-state index in [1.165, 1.54) is 24.2 Å². The van der Waals surface area contributed by atoms with E-state index < -0.39 is 0 Å². The van der Waals surface area contributed by atoms with E-state index in [1.54, 1.807) is 92.3 Å². The first-order valence-corrected chi connectivity index (χ1v) is 41.8. The lowest BCUT2D eigenvalue weighted by atomic mass is 10.1. The molecule has 9 heterocycles. The molecule has 30 heteroatoms. The number of hydrogen-bond donors (Lipinski definition) is 7. The molecule has 1 saturated heterocycles. The molecule has 119 heavy (non-hydrogen) atoms. The van der Waals surface area contributed by atoms with Gasteiger partial charge in [0.2, 0.25) is 47.4 Å². The first kappa shape index (κ1) is 89.4. The van der Waals surface area contributed by atoms with Crippen molar-refractivity contribution < 1.29 is 38.4 Å². The second-order valence-corrected chi connectivity index (χ2v) is 31.7. The van der Waals surface area contributed by atoms with Crippen molar-refractivity contribution >= 4 is 117 Å². The number of benzene rings is 4. The Morgan fingerprint density at radius 1 is 0.387 bits per heavy atom. The number of carbonyl (C=O) groups excluding carboxylic acids is 8. The Bertz CT molecular complexity index is 4810. The number of hydrogen-bond acceptors (Lipinski definition) is 22. The number of aromatic nitrogens is 8. The van der Waals surface area contributed by atoms with Gasteiger partial charge in [0.15, 0.2) is 0 Å². The van der Waals surface area contributed by atoms with Crippen LogP contribution in [-0.4, -0.2) is 199 Å². The van der Waals surface area contributed by atoms with Gasteiger partial charge in [-0.2, -0.15) is 19.9 Å². The van der Waals surface area contributed by atoms with Gasteiger partial charge in [0, 0.05) is 162 Å². The second kappa shape index (κ2) is 42.0. The van der Waals surface area contributed by atoms with Crippen molar-refractivity contribution in [3.8, 4) is 0 Å². The minimum Gasteiger partial charge on any atom is -0.351 e. The average molecular weight is 1620 g/mol. The number of carbonyl (C=O) groups is 8. The number of fused-ring (bicyclic) bond motifs is 4. The summed E-state index contributed by atoms with van der Waals surface area (Å²) >= 11 is 0. The smallest absolute Gasteiger partial charge is 0.253 e. The van der Waals surface area contributed by atoms with Gasteiger partial charge < -0.3 is 51.9 Å². The maximum absolute atomic E-state index is 12.5. The number of nitrogens with zero attached hydrogens (tertiary/aromatic N) is 15. The van der Waals surface area contributed by atoms with Gasteiger partial charge >= 0.3 is 0 Å². The summed E-state index contributed by atoms with van der Waals surface area (Å²) in [6, 6.07) is 29.4. The van der Waals surface area contributed by atoms with E-state index in [-0.39, 0.29) is 77.0 Å². The molecule has 0 bridgehead atoms. The Hall–Kier alpha value is -11.9. The van der Waals surface area contributed by atoms with Crippen LogP contribution in [0.5, 0.6) is 0 Å². The number of rotatable bonds is 30. The fourth-order valence-corrected chi connectivity index (χ4v) is 14.9. The highest BCUT2D eigenvalue weighted by molar-refractivity contribution is 6.04. The van der Waals surface area contributed by atoms with E-state index in [4.69, 9.17) is 0 Å². The molecule has 5 aliphatic heterocycles. The summed E-state index contributed by atoms with van der Waals surface area (Å²) in [5, 5.41) is 21.5. The maximum atomic E-state index is 12.5. The van der Waals surface area contributed by atoms with Crippen molar-refractivity contribution in [2.45, 2.75) is 202 Å². The lowest BCUT2D eigenvalue weighted by molar-refractivity contribution is -0.118. The largest absolute Gasteiger partial charge is 0.351 e. The molecule has 0 spiro atoms. The van der Waals surface area contributed by atoms with E-state index in [9.17, 15) is 38.4 Å². The van der Waals surface area contributed by atoms with E-state index in [1.807, 2.05) is 103 Å². The Kier molecular flexibility index (Phi) is 31.5. The predicted molar refractivity (Wildman–Crippen MR) is 468 cm³/mol. The molecule has 1 fully saturated rings. The van der Waals surface area contributed by atoms with Crippen LogP contribution >= 0.6 is 0 Å². The summed E-state index contributed by atoms with van der Waals surface area (Å²) in [4.78, 5) is 148. The lowest BCUT2D eigenvalue weighted by Crippen LogP contribution is -2.40. The van der Waals surface area contributed by atoms with Crippen LogP contribution < -0.4 is 56.8 Å². The summed E-state index contributed by atoms with van der Waals surface area (Å²) in [5.74, 6) is 4.54. The van der Waals surface area contributed by atoms with E-state index in [2.05, 4.69) is 137 Å². The van der Waals surface area contributed by atoms with Crippen molar-refractivity contribution in [2.24, 2.45) is 0 Å². The van der Waals surface area contributed by atoms with Gasteiger partial charge in [-0.05, 0) is 209 Å². The number of likely N-dealkylation sites (N-methyl/N-ethyl adjacent to an activating group) is 1. The zero-order valence-electron chi connectivity index (χ0n) is 71.7. The summed E-state index contributed by atoms with van der Waals surface area (Å²) in [5.41, 5.74) is 8.72. The fraction of sp³-hybridized carbons (Fsp3) is 0.461. The van der Waals surface area contributed by atoms with Gasteiger partial charge in [-0.3, -0.25) is 58.0 Å². The Morgan fingerprint density at radius 3 is 0.933 bits per heavy atom. The van der Waals surface area contributed by atoms with Crippen LogP contribution in [0.1, 0.15) is 210 Å². The first-order chi connectivity index (χ1) is 57.2. The number of piperidine rings is 1. The molecule has 0 saturated carbocycles. The highest BCUT2D eigenvalue weighted by Crippen LogP contribution is 2.36. The molecule has 8 amide bonds. The lowest BCUT2D eigenvalue weighted by Gasteiger charge is -2.26. The quantitative estimate of drug-likeness (QED) is 0.0220. The number of anilines is 12. The maximum Gasteiger partial charge on any atom is 0.253 e. The van der Waals surface area contributed by atoms with Crippen molar-refractivity contribution in [3.63, 3.8) is 0 Å². The van der Waals surface area contributed by atoms with Crippen LogP contribution in [0, 0.1) is 0 Å². The van der Waals surface area contributed by atoms with E-state index in [0.29, 0.717) is 108 Å². The van der Waals surface area contributed by atoms with Gasteiger partial charge in [-0.25, -0.2) is 19.9 Å². The molecule has 0 aliphatic carbocycles. The molecule has 0 radical (unpaired) electrons. The number of amides is 8. The molecule has 30 nitrogen and oxygen atoms in total. The van der Waals surface area contributed by atoms with Crippen LogP contribution in [0.2, 0.25) is 0 Å². The Balaban J connectivity index is 0.000000167. The molecule has 0 unspecified atom stereocenters. The molecule has 13 rings (SSSR count). The van der Waals surface area contributed by atoms with Crippen LogP contribution in [-0.2, 0) is 44.9 Å². The van der Waals surface area contributed by atoms with Gasteiger partial charge in [-0.15, -0.1) is 0 Å². The summed E-state index contributed by atoms with van der Waals surface area (Å²) in [7, 11) is 7.38. The normalized spacial score (nSPS) is 14.1. The zero-order valence-corrected chi connectivity index (χ0v) is 71.7. The Labute approximate surface area is 699 Å². The zero-order chi connectivity index (χ0) is 85.6. The van der Waals surface area contributed by atoms with E-state index in [0.717, 1.165) is 123 Å². The first-order valence-electron chi connectivity index (χ1n) is 41.8. The van der Waals surface area contributed by atoms with Gasteiger partial charge in [-0.1, -0.05) is 61.8 Å². The monoisotopic (exact) mass is 1620 g/mol. The minimum atomic E-state index is -0.287. The van der Waals surface area contributed by atoms with Gasteiger partial charge in [0.1, 0.15) is 23.3 Å². The van der Waals surface area contributed by atoms with Crippen LogP contribution in [0.15, 0.2) is 122 Å². The third-order valence-electron chi connectivity index (χ3n) is 21.5. The molecule has 8 aromatic rings. The van der Waals surface area contributed by atoms with Crippen LogP contribution in [0.4, 0.5) is 69.8 Å². The highest BCUT2D eigenvalue weighted by Gasteiger charge is 2.38. The molecule has 4 aromatic carbocycles. The third kappa shape index (κ3) is 23.5. The number of nitrogens with one attached hydrogen (secondary N) is 7. The second-order valence-electron chi connectivity index (χ2n) is 31.7. The third-order valence-corrected chi connectivity index (χ3v) is 21.5. The highest BCUT2D eigenvalue weighted by atomic mass is 16.2. The summed E-state index contributed by atoms with van der Waals surface area (Å²) < 4.78 is 0. The predicted octanol–water partition coefficient (Wildman–Crippen LogP) is 12.9. The van der Waals surface area contributed by atoms with Gasteiger partial charge in [0.05, 0.1) is 25.7 Å². The number of likely N-dealkylation sites (tertiary alicyclic amines) is 1. The SMILES string of the molecule is CCC(CC)N1C(=O)Cc2cnc(Nc3ccc(C(=O)N(C)C)cc3)nc21.CCC(CC)N1C(=O)Cc2cnc(Nc3ccc(C(=O)NC(C)(C)C)cc3)nc21.CCC(CC)N1C(=O)Cc2cnc(Nc3ccc(C(=O)NCCN(C)C)cc3)nc21.CCC(CC)N1C(=O)Cc2cnc(Nc3ccc(C(=O)NCCN4CCCCC4)cc3)nc21.